The van der Waals surface area contributed by atoms with Gasteiger partial charge in [-0.3, -0.25) is 0 Å². The third-order valence-corrected chi connectivity index (χ3v) is 5.14. The van der Waals surface area contributed by atoms with Crippen LogP contribution in [0.1, 0.15) is 16.7 Å². The molecule has 0 unspecified atom stereocenters. The number of aryl methyl sites for hydroxylation is 1. The molecule has 0 bridgehead atoms. The molecule has 2 aromatic heterocycles. The van der Waals surface area contributed by atoms with Crippen molar-refractivity contribution < 1.29 is 13.2 Å². The van der Waals surface area contributed by atoms with Crippen LogP contribution in [0.4, 0.5) is 18.3 Å². The van der Waals surface area contributed by atoms with E-state index in [1.165, 1.54) is 23.0 Å². The number of aromatic nitrogens is 3. The van der Waals surface area contributed by atoms with Gasteiger partial charge in [-0.2, -0.15) is 13.2 Å². The molecule has 0 aliphatic rings. The summed E-state index contributed by atoms with van der Waals surface area (Å²) in [5.41, 5.74) is 2.59. The van der Waals surface area contributed by atoms with Crippen molar-refractivity contribution in [1.82, 2.24) is 14.6 Å². The van der Waals surface area contributed by atoms with Gasteiger partial charge in [0.15, 0.2) is 0 Å². The van der Waals surface area contributed by atoms with Crippen molar-refractivity contribution in [1.29, 1.82) is 0 Å². The van der Waals surface area contributed by atoms with Crippen LogP contribution in [0.3, 0.4) is 0 Å². The van der Waals surface area contributed by atoms with Gasteiger partial charge in [-0.1, -0.05) is 47.7 Å². The maximum Gasteiger partial charge on any atom is 0.416 e. The van der Waals surface area contributed by atoms with Gasteiger partial charge in [0, 0.05) is 12.1 Å². The standard InChI is InChI=1S/C19H15F3N4S/c1-12-5-2-3-6-14(12)10-23-17-25-26-16(11-24-18(26)27-17)13-7-4-8-15(9-13)19(20,21)22/h2-9,11H,10H2,1H3,(H,23,25). The molecule has 0 radical (unpaired) electrons. The fraction of sp³-hybridized carbons (Fsp3) is 0.158. The zero-order valence-electron chi connectivity index (χ0n) is 14.3. The van der Waals surface area contributed by atoms with Gasteiger partial charge < -0.3 is 5.32 Å². The molecule has 4 rings (SSSR count). The molecule has 0 saturated carbocycles. The Morgan fingerprint density at radius 3 is 2.70 bits per heavy atom. The second kappa shape index (κ2) is 6.70. The molecule has 4 aromatic rings. The predicted octanol–water partition coefficient (Wildman–Crippen LogP) is 5.40. The van der Waals surface area contributed by atoms with Crippen LogP contribution >= 0.6 is 11.3 Å². The van der Waals surface area contributed by atoms with Crippen molar-refractivity contribution in [2.75, 3.05) is 5.32 Å². The van der Waals surface area contributed by atoms with Crippen LogP contribution in [0.25, 0.3) is 16.2 Å². The van der Waals surface area contributed by atoms with Crippen molar-refractivity contribution in [3.8, 4) is 11.3 Å². The molecule has 0 atom stereocenters. The number of benzene rings is 2. The third kappa shape index (κ3) is 3.52. The Morgan fingerprint density at radius 1 is 1.11 bits per heavy atom. The minimum absolute atomic E-state index is 0.424. The molecule has 0 spiro atoms. The lowest BCUT2D eigenvalue weighted by Gasteiger charge is -2.08. The summed E-state index contributed by atoms with van der Waals surface area (Å²) in [7, 11) is 0. The van der Waals surface area contributed by atoms with E-state index in [2.05, 4.69) is 15.4 Å². The Kier molecular flexibility index (Phi) is 4.35. The highest BCUT2D eigenvalue weighted by molar-refractivity contribution is 7.20. The van der Waals surface area contributed by atoms with E-state index in [4.69, 9.17) is 0 Å². The molecular formula is C19H15F3N4S. The van der Waals surface area contributed by atoms with Crippen LogP contribution in [0.15, 0.2) is 54.7 Å². The topological polar surface area (TPSA) is 42.2 Å². The quantitative estimate of drug-likeness (QED) is 0.509. The zero-order valence-corrected chi connectivity index (χ0v) is 15.1. The molecule has 4 nitrogen and oxygen atoms in total. The maximum atomic E-state index is 13.0. The lowest BCUT2D eigenvalue weighted by Crippen LogP contribution is -2.05. The Bertz CT molecular complexity index is 1100. The van der Waals surface area contributed by atoms with Crippen LogP contribution < -0.4 is 5.32 Å². The van der Waals surface area contributed by atoms with Crippen molar-refractivity contribution in [3.05, 3.63) is 71.4 Å². The lowest BCUT2D eigenvalue weighted by atomic mass is 10.1. The van der Waals surface area contributed by atoms with E-state index < -0.39 is 11.7 Å². The van der Waals surface area contributed by atoms with E-state index in [1.54, 1.807) is 16.8 Å². The molecule has 0 aliphatic carbocycles. The lowest BCUT2D eigenvalue weighted by molar-refractivity contribution is -0.137. The smallest absolute Gasteiger partial charge is 0.356 e. The number of alkyl halides is 3. The highest BCUT2D eigenvalue weighted by Crippen LogP contribution is 2.33. The van der Waals surface area contributed by atoms with Gasteiger partial charge in [-0.05, 0) is 30.2 Å². The summed E-state index contributed by atoms with van der Waals surface area (Å²) in [5.74, 6) is 0. The summed E-state index contributed by atoms with van der Waals surface area (Å²) in [6.07, 6.45) is -2.85. The number of rotatable bonds is 4. The van der Waals surface area contributed by atoms with E-state index in [-0.39, 0.29) is 0 Å². The number of nitrogens with one attached hydrogen (secondary N) is 1. The van der Waals surface area contributed by atoms with E-state index in [0.29, 0.717) is 27.9 Å². The van der Waals surface area contributed by atoms with Gasteiger partial charge in [0.25, 0.3) is 0 Å². The van der Waals surface area contributed by atoms with Crippen molar-refractivity contribution in [2.45, 2.75) is 19.6 Å². The summed E-state index contributed by atoms with van der Waals surface area (Å²) in [6, 6.07) is 13.2. The summed E-state index contributed by atoms with van der Waals surface area (Å²) >= 11 is 1.36. The molecule has 0 saturated heterocycles. The highest BCUT2D eigenvalue weighted by atomic mass is 32.1. The fourth-order valence-corrected chi connectivity index (χ4v) is 3.57. The summed E-state index contributed by atoms with van der Waals surface area (Å²) in [4.78, 5) is 4.90. The zero-order chi connectivity index (χ0) is 19.0. The number of anilines is 1. The Morgan fingerprint density at radius 2 is 1.93 bits per heavy atom. The van der Waals surface area contributed by atoms with Crippen LogP contribution in [0.2, 0.25) is 0 Å². The van der Waals surface area contributed by atoms with Crippen molar-refractivity contribution in [3.63, 3.8) is 0 Å². The number of hydrogen-bond donors (Lipinski definition) is 1. The van der Waals surface area contributed by atoms with Crippen molar-refractivity contribution in [2.24, 2.45) is 0 Å². The second-order valence-corrected chi connectivity index (χ2v) is 7.06. The Balaban J connectivity index is 1.62. The van der Waals surface area contributed by atoms with Gasteiger partial charge in [-0.25, -0.2) is 9.50 Å². The van der Waals surface area contributed by atoms with E-state index in [0.717, 1.165) is 17.7 Å². The second-order valence-electron chi connectivity index (χ2n) is 6.10. The van der Waals surface area contributed by atoms with Gasteiger partial charge in [0.2, 0.25) is 10.1 Å². The molecule has 8 heteroatoms. The van der Waals surface area contributed by atoms with Crippen molar-refractivity contribution >= 4 is 21.4 Å². The van der Waals surface area contributed by atoms with Gasteiger partial charge in [-0.15, -0.1) is 5.10 Å². The summed E-state index contributed by atoms with van der Waals surface area (Å²) < 4.78 is 40.5. The highest BCUT2D eigenvalue weighted by Gasteiger charge is 2.30. The van der Waals surface area contributed by atoms with Gasteiger partial charge in [0.1, 0.15) is 0 Å². The Hall–Kier alpha value is -2.87. The number of hydrogen-bond acceptors (Lipinski definition) is 4. The normalized spacial score (nSPS) is 11.9. The number of imidazole rings is 1. The largest absolute Gasteiger partial charge is 0.416 e. The van der Waals surface area contributed by atoms with Gasteiger partial charge >= 0.3 is 6.18 Å². The number of fused-ring (bicyclic) bond motifs is 1. The van der Waals surface area contributed by atoms with Crippen LogP contribution in [-0.2, 0) is 12.7 Å². The monoisotopic (exact) mass is 388 g/mol. The fourth-order valence-electron chi connectivity index (χ4n) is 2.80. The first-order valence-corrected chi connectivity index (χ1v) is 9.04. The Labute approximate surface area is 157 Å². The molecular weight excluding hydrogens is 373 g/mol. The summed E-state index contributed by atoms with van der Waals surface area (Å²) in [5, 5.41) is 8.39. The molecule has 2 heterocycles. The predicted molar refractivity (Wildman–Crippen MR) is 99.8 cm³/mol. The molecule has 138 valence electrons. The molecule has 0 aliphatic heterocycles. The molecule has 2 aromatic carbocycles. The average Bonchev–Trinajstić information content (AvgIpc) is 3.20. The third-order valence-electron chi connectivity index (χ3n) is 4.26. The molecule has 0 fully saturated rings. The van der Waals surface area contributed by atoms with Gasteiger partial charge in [0.05, 0.1) is 17.5 Å². The van der Waals surface area contributed by atoms with E-state index >= 15 is 0 Å². The van der Waals surface area contributed by atoms with Crippen LogP contribution in [0.5, 0.6) is 0 Å². The first-order chi connectivity index (χ1) is 12.9. The van der Waals surface area contributed by atoms with Crippen LogP contribution in [0, 0.1) is 6.92 Å². The van der Waals surface area contributed by atoms with E-state index in [9.17, 15) is 13.2 Å². The van der Waals surface area contributed by atoms with Crippen LogP contribution in [-0.4, -0.2) is 14.6 Å². The average molecular weight is 388 g/mol. The number of nitrogens with zero attached hydrogens (tertiary/aromatic N) is 3. The minimum Gasteiger partial charge on any atom is -0.356 e. The molecule has 0 amide bonds. The first-order valence-electron chi connectivity index (χ1n) is 8.22. The first kappa shape index (κ1) is 17.5. The summed E-state index contributed by atoms with van der Waals surface area (Å²) in [6.45, 7) is 2.65. The molecule has 1 N–H and O–H groups in total. The SMILES string of the molecule is Cc1ccccc1CNc1nn2c(-c3cccc(C(F)(F)F)c3)cnc2s1. The van der Waals surface area contributed by atoms with E-state index in [1.807, 2.05) is 31.2 Å². The maximum absolute atomic E-state index is 13.0. The number of halogens is 3. The minimum atomic E-state index is -4.39. The molecule has 27 heavy (non-hydrogen) atoms.